The number of aromatic nitrogens is 2. The maximum absolute atomic E-state index is 11.3. The molecule has 2 N–H and O–H groups in total. The summed E-state index contributed by atoms with van der Waals surface area (Å²) in [6.07, 6.45) is 0. The Kier molecular flexibility index (Phi) is 1.66. The van der Waals surface area contributed by atoms with Crippen LogP contribution in [0.4, 0.5) is 0 Å². The van der Waals surface area contributed by atoms with Gasteiger partial charge in [-0.3, -0.25) is 9.78 Å². The van der Waals surface area contributed by atoms with E-state index in [1.54, 1.807) is 11.8 Å². The lowest BCUT2D eigenvalue weighted by molar-refractivity contribution is 0.738. The minimum atomic E-state index is -0.417. The molecule has 1 aliphatic rings. The fourth-order valence-electron chi connectivity index (χ4n) is 1.49. The molecular weight excluding hydrogens is 188 g/mol. The van der Waals surface area contributed by atoms with Crippen molar-refractivity contribution < 1.29 is 0 Å². The van der Waals surface area contributed by atoms with Gasteiger partial charge in [0.25, 0.3) is 5.56 Å². The third-order valence-electron chi connectivity index (χ3n) is 2.22. The highest BCUT2D eigenvalue weighted by Crippen LogP contribution is 2.43. The number of aromatic amines is 2. The summed E-state index contributed by atoms with van der Waals surface area (Å²) in [5.74, 6) is 0.675. The third-order valence-corrected chi connectivity index (χ3v) is 3.58. The fourth-order valence-corrected chi connectivity index (χ4v) is 2.59. The highest BCUT2D eigenvalue weighted by Gasteiger charge is 2.33. The van der Waals surface area contributed by atoms with E-state index >= 15 is 0 Å². The van der Waals surface area contributed by atoms with E-state index in [1.165, 1.54) is 0 Å². The lowest BCUT2D eigenvalue weighted by Gasteiger charge is -2.16. The van der Waals surface area contributed by atoms with Gasteiger partial charge in [-0.25, -0.2) is 4.79 Å². The highest BCUT2D eigenvalue weighted by molar-refractivity contribution is 7.99. The number of thioether (sulfide) groups is 1. The van der Waals surface area contributed by atoms with Crippen molar-refractivity contribution in [2.24, 2.45) is 0 Å². The Balaban J connectivity index is 2.79. The summed E-state index contributed by atoms with van der Waals surface area (Å²) >= 11 is 1.66. The van der Waals surface area contributed by atoms with Crippen molar-refractivity contribution in [1.29, 1.82) is 0 Å². The van der Waals surface area contributed by atoms with Crippen LogP contribution in [0, 0.1) is 0 Å². The minimum Gasteiger partial charge on any atom is -0.310 e. The Morgan fingerprint density at radius 3 is 2.69 bits per heavy atom. The number of H-pyrrole nitrogens is 2. The predicted molar refractivity (Wildman–Crippen MR) is 52.0 cm³/mol. The zero-order chi connectivity index (χ0) is 9.64. The molecule has 0 aromatic carbocycles. The van der Waals surface area contributed by atoms with Crippen LogP contribution in [0.15, 0.2) is 9.59 Å². The molecule has 0 amide bonds. The molecule has 4 nitrogen and oxygen atoms in total. The van der Waals surface area contributed by atoms with Crippen LogP contribution < -0.4 is 11.2 Å². The van der Waals surface area contributed by atoms with Gasteiger partial charge < -0.3 is 4.98 Å². The van der Waals surface area contributed by atoms with E-state index in [-0.39, 0.29) is 10.3 Å². The van der Waals surface area contributed by atoms with Gasteiger partial charge in [0.15, 0.2) is 0 Å². The Labute approximate surface area is 78.8 Å². The van der Waals surface area contributed by atoms with Gasteiger partial charge in [0.05, 0.1) is 4.75 Å². The molecule has 0 bridgehead atoms. The number of rotatable bonds is 0. The first-order valence-electron chi connectivity index (χ1n) is 4.00. The molecule has 1 aliphatic heterocycles. The molecule has 1 aromatic rings. The van der Waals surface area contributed by atoms with Gasteiger partial charge in [0, 0.05) is 17.0 Å². The van der Waals surface area contributed by atoms with Gasteiger partial charge in [0.1, 0.15) is 0 Å². The molecule has 0 aliphatic carbocycles. The van der Waals surface area contributed by atoms with Crippen molar-refractivity contribution in [3.05, 3.63) is 32.1 Å². The van der Waals surface area contributed by atoms with E-state index in [9.17, 15) is 9.59 Å². The maximum Gasteiger partial charge on any atom is 0.325 e. The maximum atomic E-state index is 11.3. The number of nitrogens with one attached hydrogen (secondary N) is 2. The summed E-state index contributed by atoms with van der Waals surface area (Å²) in [6.45, 7) is 4.00. The molecule has 0 saturated heterocycles. The summed E-state index contributed by atoms with van der Waals surface area (Å²) in [5.41, 5.74) is 0.803. The smallest absolute Gasteiger partial charge is 0.310 e. The standard InChI is InChI=1S/C8H10N2O2S/c1-8(2)5-4(3-13-8)6(11)10-7(12)9-5/h3H2,1-2H3,(H2,9,10,11,12). The summed E-state index contributed by atoms with van der Waals surface area (Å²) in [6, 6.07) is 0. The normalized spacial score (nSPS) is 18.6. The van der Waals surface area contributed by atoms with E-state index < -0.39 is 5.69 Å². The second-order valence-electron chi connectivity index (χ2n) is 3.56. The Hall–Kier alpha value is -0.970. The monoisotopic (exact) mass is 198 g/mol. The minimum absolute atomic E-state index is 0.150. The zero-order valence-electron chi connectivity index (χ0n) is 7.43. The first kappa shape index (κ1) is 8.62. The molecule has 0 saturated carbocycles. The molecule has 2 rings (SSSR count). The molecule has 0 radical (unpaired) electrons. The lowest BCUT2D eigenvalue weighted by atomic mass is 10.1. The van der Waals surface area contributed by atoms with Crippen molar-refractivity contribution >= 4 is 11.8 Å². The second kappa shape index (κ2) is 2.51. The van der Waals surface area contributed by atoms with Gasteiger partial charge in [-0.2, -0.15) is 0 Å². The molecule has 70 valence electrons. The Morgan fingerprint density at radius 1 is 1.31 bits per heavy atom. The first-order valence-corrected chi connectivity index (χ1v) is 4.99. The average Bonchev–Trinajstić information content (AvgIpc) is 2.28. The number of hydrogen-bond donors (Lipinski definition) is 2. The molecule has 0 unspecified atom stereocenters. The fraction of sp³-hybridized carbons (Fsp3) is 0.500. The van der Waals surface area contributed by atoms with Crippen LogP contribution in [0.5, 0.6) is 0 Å². The van der Waals surface area contributed by atoms with Crippen LogP contribution in [-0.4, -0.2) is 9.97 Å². The van der Waals surface area contributed by atoms with E-state index in [2.05, 4.69) is 9.97 Å². The number of hydrogen-bond acceptors (Lipinski definition) is 3. The van der Waals surface area contributed by atoms with E-state index in [0.717, 1.165) is 5.69 Å². The van der Waals surface area contributed by atoms with Gasteiger partial charge in [-0.1, -0.05) is 0 Å². The third kappa shape index (κ3) is 1.23. The predicted octanol–water partition coefficient (Wildman–Crippen LogP) is 0.545. The number of fused-ring (bicyclic) bond motifs is 1. The largest absolute Gasteiger partial charge is 0.325 e. The molecule has 5 heteroatoms. The van der Waals surface area contributed by atoms with Gasteiger partial charge >= 0.3 is 5.69 Å². The molecule has 13 heavy (non-hydrogen) atoms. The van der Waals surface area contributed by atoms with Crippen LogP contribution in [0.2, 0.25) is 0 Å². The second-order valence-corrected chi connectivity index (χ2v) is 5.16. The van der Waals surface area contributed by atoms with Crippen LogP contribution >= 0.6 is 11.8 Å². The topological polar surface area (TPSA) is 65.7 Å². The van der Waals surface area contributed by atoms with E-state index in [4.69, 9.17) is 0 Å². The molecule has 2 heterocycles. The van der Waals surface area contributed by atoms with Crippen molar-refractivity contribution in [2.45, 2.75) is 24.3 Å². The summed E-state index contributed by atoms with van der Waals surface area (Å²) in [5, 5.41) is 0. The Bertz CT molecular complexity index is 458. The summed E-state index contributed by atoms with van der Waals surface area (Å²) in [4.78, 5) is 27.3. The SMILES string of the molecule is CC1(C)SCc2c1[nH]c(=O)[nH]c2=O. The van der Waals surface area contributed by atoms with Crippen LogP contribution in [0.3, 0.4) is 0 Å². The lowest BCUT2D eigenvalue weighted by Crippen LogP contribution is -2.28. The highest BCUT2D eigenvalue weighted by atomic mass is 32.2. The van der Waals surface area contributed by atoms with Crippen molar-refractivity contribution in [3.8, 4) is 0 Å². The quantitative estimate of drug-likeness (QED) is 0.639. The zero-order valence-corrected chi connectivity index (χ0v) is 8.25. The van der Waals surface area contributed by atoms with Gasteiger partial charge in [-0.15, -0.1) is 11.8 Å². The molecule has 0 fully saturated rings. The van der Waals surface area contributed by atoms with Gasteiger partial charge in [0.2, 0.25) is 0 Å². The van der Waals surface area contributed by atoms with Crippen LogP contribution in [0.25, 0.3) is 0 Å². The van der Waals surface area contributed by atoms with Crippen LogP contribution in [-0.2, 0) is 10.5 Å². The molecule has 1 aromatic heterocycles. The molecule has 0 spiro atoms. The van der Waals surface area contributed by atoms with Crippen molar-refractivity contribution in [1.82, 2.24) is 9.97 Å². The van der Waals surface area contributed by atoms with Crippen molar-refractivity contribution in [2.75, 3.05) is 0 Å². The van der Waals surface area contributed by atoms with Crippen LogP contribution in [0.1, 0.15) is 25.1 Å². The molecule has 0 atom stereocenters. The van der Waals surface area contributed by atoms with Gasteiger partial charge in [-0.05, 0) is 13.8 Å². The van der Waals surface area contributed by atoms with E-state index in [0.29, 0.717) is 11.3 Å². The summed E-state index contributed by atoms with van der Waals surface area (Å²) < 4.78 is -0.150. The van der Waals surface area contributed by atoms with Crippen molar-refractivity contribution in [3.63, 3.8) is 0 Å². The summed E-state index contributed by atoms with van der Waals surface area (Å²) in [7, 11) is 0. The van der Waals surface area contributed by atoms with E-state index in [1.807, 2.05) is 13.8 Å². The Morgan fingerprint density at radius 2 is 2.00 bits per heavy atom. The first-order chi connectivity index (χ1) is 6.00. The average molecular weight is 198 g/mol. The molecular formula is C8H10N2O2S.